The molecule has 0 atom stereocenters. The summed E-state index contributed by atoms with van der Waals surface area (Å²) in [5.41, 5.74) is 0.398. The molecule has 2 fully saturated rings. The van der Waals surface area contributed by atoms with E-state index in [4.69, 9.17) is 20.9 Å². The fourth-order valence-corrected chi connectivity index (χ4v) is 3.28. The molecule has 1 amide bonds. The van der Waals surface area contributed by atoms with E-state index in [0.717, 1.165) is 18.3 Å². The Morgan fingerprint density at radius 1 is 1.12 bits per heavy atom. The van der Waals surface area contributed by atoms with E-state index in [-0.39, 0.29) is 11.4 Å². The van der Waals surface area contributed by atoms with Crippen LogP contribution in [0.25, 0.3) is 0 Å². The molecule has 130 valence electrons. The van der Waals surface area contributed by atoms with Crippen molar-refractivity contribution in [3.8, 4) is 0 Å². The van der Waals surface area contributed by atoms with E-state index in [0.29, 0.717) is 10.6 Å². The number of amides is 1. The molecule has 3 rings (SSSR count). The molecule has 4 nitrogen and oxygen atoms in total. The van der Waals surface area contributed by atoms with Crippen LogP contribution in [0.1, 0.15) is 64.2 Å². The molecular formula is C18H25BClNO3. The van der Waals surface area contributed by atoms with Gasteiger partial charge in [-0.25, -0.2) is 0 Å². The minimum atomic E-state index is -0.524. The highest BCUT2D eigenvalue weighted by Gasteiger charge is 2.52. The quantitative estimate of drug-likeness (QED) is 0.852. The number of nitrogens with one attached hydrogen (secondary N) is 1. The Morgan fingerprint density at radius 2 is 1.71 bits per heavy atom. The summed E-state index contributed by atoms with van der Waals surface area (Å²) in [5.74, 6) is -0.0837. The molecule has 6 heteroatoms. The van der Waals surface area contributed by atoms with Gasteiger partial charge in [0, 0.05) is 21.6 Å². The molecule has 1 aromatic rings. The number of benzene rings is 1. The first-order valence-electron chi connectivity index (χ1n) is 8.51. The van der Waals surface area contributed by atoms with Crippen molar-refractivity contribution >= 4 is 30.1 Å². The monoisotopic (exact) mass is 349 g/mol. The Bertz CT molecular complexity index is 654. The van der Waals surface area contributed by atoms with Crippen molar-refractivity contribution < 1.29 is 14.1 Å². The highest BCUT2D eigenvalue weighted by atomic mass is 35.5. The maximum absolute atomic E-state index is 12.4. The van der Waals surface area contributed by atoms with Gasteiger partial charge in [0.2, 0.25) is 0 Å². The van der Waals surface area contributed by atoms with Crippen LogP contribution in [0.4, 0.5) is 0 Å². The fourth-order valence-electron chi connectivity index (χ4n) is 3.01. The number of rotatable bonds is 3. The van der Waals surface area contributed by atoms with Gasteiger partial charge in [0.25, 0.3) is 5.91 Å². The van der Waals surface area contributed by atoms with Crippen LogP contribution in [-0.2, 0) is 9.31 Å². The standard InChI is InChI=1S/C18H25BClNO3/c1-16(2)17(3,4)24-19(23-16)13-8-7-12(11-14(13)20)15(22)21-18(5)9-6-10-18/h7-8,11H,6,9-10H2,1-5H3,(H,21,22). The van der Waals surface area contributed by atoms with Crippen LogP contribution in [0, 0.1) is 0 Å². The van der Waals surface area contributed by atoms with E-state index in [1.54, 1.807) is 12.1 Å². The lowest BCUT2D eigenvalue weighted by Crippen LogP contribution is -2.51. The molecule has 24 heavy (non-hydrogen) atoms. The summed E-state index contributed by atoms with van der Waals surface area (Å²) in [5, 5.41) is 3.58. The van der Waals surface area contributed by atoms with Crippen molar-refractivity contribution in [3.05, 3.63) is 28.8 Å². The molecule has 1 N–H and O–H groups in total. The predicted molar refractivity (Wildman–Crippen MR) is 96.9 cm³/mol. The normalized spacial score (nSPS) is 23.7. The SMILES string of the molecule is CC1(NC(=O)c2ccc(B3OC(C)(C)C(C)(C)O3)c(Cl)c2)CCC1. The van der Waals surface area contributed by atoms with Crippen molar-refractivity contribution in [3.63, 3.8) is 0 Å². The van der Waals surface area contributed by atoms with Crippen LogP contribution in [0.2, 0.25) is 5.02 Å². The topological polar surface area (TPSA) is 47.6 Å². The Hall–Kier alpha value is -1.04. The molecule has 1 saturated heterocycles. The van der Waals surface area contributed by atoms with Gasteiger partial charge in [-0.2, -0.15) is 0 Å². The molecule has 0 aromatic heterocycles. The Morgan fingerprint density at radius 3 is 2.17 bits per heavy atom. The van der Waals surface area contributed by atoms with Gasteiger partial charge in [0.05, 0.1) is 11.2 Å². The van der Waals surface area contributed by atoms with E-state index in [1.807, 2.05) is 33.8 Å². The molecule has 1 aliphatic carbocycles. The van der Waals surface area contributed by atoms with E-state index in [9.17, 15) is 4.79 Å². The molecule has 2 aliphatic rings. The van der Waals surface area contributed by atoms with Crippen LogP contribution in [0.3, 0.4) is 0 Å². The summed E-state index contributed by atoms with van der Waals surface area (Å²) in [6.07, 6.45) is 3.22. The molecule has 1 heterocycles. The molecule has 0 bridgehead atoms. The van der Waals surface area contributed by atoms with Gasteiger partial charge in [-0.3, -0.25) is 4.79 Å². The molecule has 0 radical (unpaired) electrons. The van der Waals surface area contributed by atoms with Gasteiger partial charge in [0.15, 0.2) is 0 Å². The Kier molecular flexibility index (Phi) is 4.26. The molecule has 1 aromatic carbocycles. The molecule has 0 unspecified atom stereocenters. The number of halogens is 1. The smallest absolute Gasteiger partial charge is 0.399 e. The third-order valence-corrected chi connectivity index (χ3v) is 5.97. The van der Waals surface area contributed by atoms with Gasteiger partial charge in [-0.15, -0.1) is 0 Å². The summed E-state index contributed by atoms with van der Waals surface area (Å²) in [7, 11) is -0.524. The van der Waals surface area contributed by atoms with Crippen molar-refractivity contribution in [2.75, 3.05) is 0 Å². The van der Waals surface area contributed by atoms with Gasteiger partial charge >= 0.3 is 7.12 Å². The first-order chi connectivity index (χ1) is 11.0. The largest absolute Gasteiger partial charge is 0.496 e. The third-order valence-electron chi connectivity index (χ3n) is 5.64. The second-order valence-corrected chi connectivity index (χ2v) is 8.60. The molecule has 0 spiro atoms. The maximum Gasteiger partial charge on any atom is 0.496 e. The number of carbonyl (C=O) groups excluding carboxylic acids is 1. The lowest BCUT2D eigenvalue weighted by Gasteiger charge is -2.39. The predicted octanol–water partition coefficient (Wildman–Crippen LogP) is 3.31. The highest BCUT2D eigenvalue weighted by molar-refractivity contribution is 6.65. The van der Waals surface area contributed by atoms with Crippen LogP contribution >= 0.6 is 11.6 Å². The van der Waals surface area contributed by atoms with Gasteiger partial charge in [-0.05, 0) is 66.0 Å². The zero-order valence-electron chi connectivity index (χ0n) is 15.0. The van der Waals surface area contributed by atoms with E-state index < -0.39 is 18.3 Å². The molecular weight excluding hydrogens is 324 g/mol. The Balaban J connectivity index is 1.77. The van der Waals surface area contributed by atoms with Crippen LogP contribution in [-0.4, -0.2) is 29.8 Å². The zero-order chi connectivity index (χ0) is 17.8. The van der Waals surface area contributed by atoms with Crippen LogP contribution in [0.5, 0.6) is 0 Å². The number of hydrogen-bond acceptors (Lipinski definition) is 3. The van der Waals surface area contributed by atoms with Gasteiger partial charge in [0.1, 0.15) is 0 Å². The second-order valence-electron chi connectivity index (χ2n) is 8.19. The first kappa shape index (κ1) is 17.8. The summed E-state index contributed by atoms with van der Waals surface area (Å²) >= 11 is 6.42. The summed E-state index contributed by atoms with van der Waals surface area (Å²) in [6, 6.07) is 5.30. The van der Waals surface area contributed by atoms with Crippen molar-refractivity contribution in [1.82, 2.24) is 5.32 Å². The van der Waals surface area contributed by atoms with Crippen LogP contribution in [0.15, 0.2) is 18.2 Å². The van der Waals surface area contributed by atoms with E-state index in [1.165, 1.54) is 6.42 Å². The van der Waals surface area contributed by atoms with E-state index >= 15 is 0 Å². The Labute approximate surface area is 149 Å². The molecule has 1 aliphatic heterocycles. The summed E-state index contributed by atoms with van der Waals surface area (Å²) in [4.78, 5) is 12.4. The third kappa shape index (κ3) is 3.09. The fraction of sp³-hybridized carbons (Fsp3) is 0.611. The van der Waals surface area contributed by atoms with Crippen LogP contribution < -0.4 is 10.8 Å². The van der Waals surface area contributed by atoms with Crippen molar-refractivity contribution in [2.45, 2.75) is 70.6 Å². The van der Waals surface area contributed by atoms with Crippen molar-refractivity contribution in [1.29, 1.82) is 0 Å². The lowest BCUT2D eigenvalue weighted by atomic mass is 9.77. The number of hydrogen-bond donors (Lipinski definition) is 1. The average molecular weight is 350 g/mol. The van der Waals surface area contributed by atoms with E-state index in [2.05, 4.69) is 12.2 Å². The minimum absolute atomic E-state index is 0.0754. The molecule has 1 saturated carbocycles. The van der Waals surface area contributed by atoms with Crippen molar-refractivity contribution in [2.24, 2.45) is 0 Å². The average Bonchev–Trinajstić information content (AvgIpc) is 2.65. The first-order valence-corrected chi connectivity index (χ1v) is 8.88. The van der Waals surface area contributed by atoms with Gasteiger partial charge in [-0.1, -0.05) is 17.7 Å². The summed E-state index contributed by atoms with van der Waals surface area (Å²) < 4.78 is 12.1. The van der Waals surface area contributed by atoms with Gasteiger partial charge < -0.3 is 14.6 Å². The lowest BCUT2D eigenvalue weighted by molar-refractivity contribution is 0.00578. The second kappa shape index (κ2) is 5.75. The summed E-state index contributed by atoms with van der Waals surface area (Å²) in [6.45, 7) is 10.1. The number of carbonyl (C=O) groups is 1. The zero-order valence-corrected chi connectivity index (χ0v) is 15.8. The highest BCUT2D eigenvalue weighted by Crippen LogP contribution is 2.37. The maximum atomic E-state index is 12.4. The minimum Gasteiger partial charge on any atom is -0.399 e.